The third kappa shape index (κ3) is 5.42. The van der Waals surface area contributed by atoms with Crippen molar-refractivity contribution >= 4 is 36.1 Å². The summed E-state index contributed by atoms with van der Waals surface area (Å²) in [7, 11) is -3.32. The van der Waals surface area contributed by atoms with Gasteiger partial charge in [0, 0.05) is 19.4 Å². The first-order valence-corrected chi connectivity index (χ1v) is 15.5. The minimum atomic E-state index is -4.90. The summed E-state index contributed by atoms with van der Waals surface area (Å²) >= 11 is 0. The second kappa shape index (κ2) is 11.7. The van der Waals surface area contributed by atoms with Crippen molar-refractivity contribution in [2.24, 2.45) is 5.92 Å². The van der Waals surface area contributed by atoms with Crippen LogP contribution in [0.4, 0.5) is 5.95 Å². The summed E-state index contributed by atoms with van der Waals surface area (Å²) in [5.74, 6) is -0.852. The lowest BCUT2D eigenvalue weighted by Gasteiger charge is -2.26. The molecule has 0 aromatic carbocycles. The number of fused-ring (bicyclic) bond motifs is 5. The summed E-state index contributed by atoms with van der Waals surface area (Å²) in [5.41, 5.74) is 6.60. The zero-order chi connectivity index (χ0) is 31.5. The SMILES string of the molecule is COCCc1ncnc2c1ncn2[C@@H]1O[C@@H]2COP(=O)(O)O[C@@H]3[C@H](O)C(OCC[C@H]2[C@H]1O)O[C@H]3n1cnc2c(=O)[nH]c(N)nc21. The molecule has 0 radical (unpaired) electrons. The number of aliphatic hydroxyl groups excluding tert-OH is 2. The molecule has 9 atom stereocenters. The van der Waals surface area contributed by atoms with E-state index in [-0.39, 0.29) is 30.1 Å². The first-order chi connectivity index (χ1) is 21.6. The summed E-state index contributed by atoms with van der Waals surface area (Å²) in [4.78, 5) is 46.5. The normalized spacial score (nSPS) is 34.1. The van der Waals surface area contributed by atoms with Crippen molar-refractivity contribution < 1.29 is 47.7 Å². The first-order valence-electron chi connectivity index (χ1n) is 14.0. The zero-order valence-corrected chi connectivity index (χ0v) is 24.5. The number of imidazole rings is 2. The number of H-pyrrole nitrogens is 1. The number of aromatic nitrogens is 8. The molecule has 242 valence electrons. The van der Waals surface area contributed by atoms with Crippen LogP contribution in [0.25, 0.3) is 22.3 Å². The number of nitrogens with one attached hydrogen (secondary N) is 1. The molecule has 3 fully saturated rings. The van der Waals surface area contributed by atoms with E-state index < -0.39 is 69.1 Å². The highest BCUT2D eigenvalue weighted by Gasteiger charge is 2.52. The van der Waals surface area contributed by atoms with E-state index in [4.69, 9.17) is 33.7 Å². The largest absolute Gasteiger partial charge is 0.472 e. The summed E-state index contributed by atoms with van der Waals surface area (Å²) in [6.45, 7) is -0.0423. The molecule has 6 N–H and O–H groups in total. The van der Waals surface area contributed by atoms with Crippen LogP contribution in [0.1, 0.15) is 24.6 Å². The lowest BCUT2D eigenvalue weighted by Crippen LogP contribution is -2.37. The molecule has 0 spiro atoms. The van der Waals surface area contributed by atoms with Gasteiger partial charge in [0.1, 0.15) is 30.2 Å². The maximum Gasteiger partial charge on any atom is 0.472 e. The highest BCUT2D eigenvalue weighted by molar-refractivity contribution is 7.47. The van der Waals surface area contributed by atoms with Gasteiger partial charge in [0.05, 0.1) is 44.3 Å². The Morgan fingerprint density at radius 2 is 1.87 bits per heavy atom. The fourth-order valence-electron chi connectivity index (χ4n) is 5.91. The maximum absolute atomic E-state index is 13.2. The summed E-state index contributed by atoms with van der Waals surface area (Å²) in [6, 6.07) is 0. The molecule has 45 heavy (non-hydrogen) atoms. The van der Waals surface area contributed by atoms with Crippen molar-refractivity contribution in [1.82, 2.24) is 39.0 Å². The number of methoxy groups -OCH3 is 1. The Morgan fingerprint density at radius 3 is 2.67 bits per heavy atom. The average molecular weight is 652 g/mol. The van der Waals surface area contributed by atoms with E-state index in [9.17, 15) is 24.5 Å². The second-order valence-corrected chi connectivity index (χ2v) is 12.2. The van der Waals surface area contributed by atoms with Crippen LogP contribution in [0.15, 0.2) is 23.8 Å². The van der Waals surface area contributed by atoms with Crippen LogP contribution in [0.3, 0.4) is 0 Å². The van der Waals surface area contributed by atoms with Crippen molar-refractivity contribution in [3.05, 3.63) is 35.0 Å². The maximum atomic E-state index is 13.2. The van der Waals surface area contributed by atoms with Gasteiger partial charge < -0.3 is 39.8 Å². The third-order valence-corrected chi connectivity index (χ3v) is 9.04. The second-order valence-electron chi connectivity index (χ2n) is 10.8. The molecule has 3 aliphatic rings. The molecular formula is C24H30N9O11P. The Bertz CT molecular complexity index is 1820. The first kappa shape index (κ1) is 30.2. The summed E-state index contributed by atoms with van der Waals surface area (Å²) in [6.07, 6.45) is -3.99. The van der Waals surface area contributed by atoms with Gasteiger partial charge in [0.15, 0.2) is 35.6 Å². The van der Waals surface area contributed by atoms with Gasteiger partial charge in [0.25, 0.3) is 5.56 Å². The van der Waals surface area contributed by atoms with E-state index >= 15 is 0 Å². The minimum Gasteiger partial charge on any atom is -0.388 e. The van der Waals surface area contributed by atoms with Gasteiger partial charge in [-0.05, 0) is 6.42 Å². The lowest BCUT2D eigenvalue weighted by molar-refractivity contribution is -0.178. The number of aliphatic hydroxyl groups is 2. The molecular weight excluding hydrogens is 621 g/mol. The highest BCUT2D eigenvalue weighted by Crippen LogP contribution is 2.51. The Kier molecular flexibility index (Phi) is 7.89. The molecule has 7 heterocycles. The van der Waals surface area contributed by atoms with Crippen LogP contribution in [-0.2, 0) is 39.0 Å². The van der Waals surface area contributed by atoms with Crippen LogP contribution < -0.4 is 11.3 Å². The van der Waals surface area contributed by atoms with E-state index in [1.807, 2.05) is 0 Å². The van der Waals surface area contributed by atoms with Crippen LogP contribution in [0, 0.1) is 5.92 Å². The van der Waals surface area contributed by atoms with Gasteiger partial charge in [0.2, 0.25) is 5.95 Å². The number of ether oxygens (including phenoxy) is 4. The predicted octanol–water partition coefficient (Wildman–Crippen LogP) is -1.26. The number of nitrogens with zero attached hydrogens (tertiary/aromatic N) is 7. The number of rotatable bonds is 5. The molecule has 2 bridgehead atoms. The van der Waals surface area contributed by atoms with Gasteiger partial charge in [-0.3, -0.25) is 28.0 Å². The van der Waals surface area contributed by atoms with Gasteiger partial charge in [-0.15, -0.1) is 0 Å². The fraction of sp³-hybridized carbons (Fsp3) is 0.583. The quantitative estimate of drug-likeness (QED) is 0.158. The standard InChI is InChI=1S/C24H30N9O11P/c1-39-4-3-11-13-18(27-7-26-11)32(8-28-13)21-15(34)10-2-5-40-23-16(35)17(44-45(37,38)41-6-12(10)42-21)22(43-23)33-9-29-14-19(33)30-24(25)31-20(14)36/h7-10,12,15-17,21-23,34-35H,2-6H2,1H3,(H,37,38)(H3,25,30,31,36)/t10-,12-,15-,16+,17-,21-,22-,23?/m1/s1. The van der Waals surface area contributed by atoms with E-state index in [2.05, 4.69) is 29.9 Å². The van der Waals surface area contributed by atoms with Gasteiger partial charge in [-0.2, -0.15) is 4.98 Å². The van der Waals surface area contributed by atoms with Crippen LogP contribution in [0.2, 0.25) is 0 Å². The van der Waals surface area contributed by atoms with Gasteiger partial charge >= 0.3 is 7.82 Å². The lowest BCUT2D eigenvalue weighted by atomic mass is 9.95. The number of nitrogen functional groups attached to an aromatic ring is 1. The van der Waals surface area contributed by atoms with Crippen LogP contribution in [-0.4, -0.2) is 112 Å². The monoisotopic (exact) mass is 651 g/mol. The molecule has 0 saturated carbocycles. The minimum absolute atomic E-state index is 0.0130. The molecule has 0 aliphatic carbocycles. The zero-order valence-electron chi connectivity index (χ0n) is 23.6. The number of phosphoric ester groups is 1. The van der Waals surface area contributed by atoms with E-state index in [0.717, 1.165) is 0 Å². The van der Waals surface area contributed by atoms with Crippen molar-refractivity contribution in [1.29, 1.82) is 0 Å². The number of aromatic amines is 1. The number of phosphoric acid groups is 1. The fourth-order valence-corrected chi connectivity index (χ4v) is 6.84. The molecule has 4 aromatic rings. The van der Waals surface area contributed by atoms with E-state index in [0.29, 0.717) is 29.9 Å². The van der Waals surface area contributed by atoms with Crippen molar-refractivity contribution in [2.45, 2.75) is 56.0 Å². The summed E-state index contributed by atoms with van der Waals surface area (Å²) < 4.78 is 49.8. The van der Waals surface area contributed by atoms with E-state index in [1.165, 1.54) is 23.5 Å². The van der Waals surface area contributed by atoms with Gasteiger partial charge in [-0.1, -0.05) is 0 Å². The number of hydrogen-bond donors (Lipinski definition) is 5. The number of hydrogen-bond acceptors (Lipinski definition) is 16. The van der Waals surface area contributed by atoms with Crippen molar-refractivity contribution in [3.8, 4) is 0 Å². The Balaban J connectivity index is 1.14. The number of anilines is 1. The Morgan fingerprint density at radius 1 is 1.09 bits per heavy atom. The molecule has 2 unspecified atom stereocenters. The molecule has 7 rings (SSSR count). The molecule has 3 aliphatic heterocycles. The van der Waals surface area contributed by atoms with Crippen LogP contribution >= 0.6 is 7.82 Å². The molecule has 0 amide bonds. The average Bonchev–Trinajstić information content (AvgIpc) is 3.76. The molecule has 21 heteroatoms. The smallest absolute Gasteiger partial charge is 0.388 e. The highest BCUT2D eigenvalue weighted by atomic mass is 31.2. The van der Waals surface area contributed by atoms with E-state index in [1.54, 1.807) is 11.7 Å². The topological polar surface area (TPSA) is 266 Å². The Hall–Kier alpha value is -3.43. The van der Waals surface area contributed by atoms with Gasteiger partial charge in [-0.25, -0.2) is 24.5 Å². The third-order valence-electron chi connectivity index (χ3n) is 8.06. The predicted molar refractivity (Wildman–Crippen MR) is 148 cm³/mol. The summed E-state index contributed by atoms with van der Waals surface area (Å²) in [5, 5.41) is 22.5. The molecule has 3 saturated heterocycles. The van der Waals surface area contributed by atoms with Crippen LogP contribution in [0.5, 0.6) is 0 Å². The molecule has 20 nitrogen and oxygen atoms in total. The Labute approximate surface area is 252 Å². The van der Waals surface area contributed by atoms with Crippen molar-refractivity contribution in [3.63, 3.8) is 0 Å². The number of nitrogens with two attached hydrogens (primary N) is 1. The molecule has 4 aromatic heterocycles. The van der Waals surface area contributed by atoms with Crippen molar-refractivity contribution in [2.75, 3.05) is 32.7 Å².